The molecule has 0 saturated heterocycles. The molecule has 0 heterocycles. The Morgan fingerprint density at radius 1 is 1.21 bits per heavy atom. The van der Waals surface area contributed by atoms with Crippen LogP contribution in [0.2, 0.25) is 0 Å². The van der Waals surface area contributed by atoms with Gasteiger partial charge in [-0.3, -0.25) is 0 Å². The van der Waals surface area contributed by atoms with Gasteiger partial charge in [0, 0.05) is 6.54 Å². The lowest BCUT2D eigenvalue weighted by molar-refractivity contribution is 0.140. The summed E-state index contributed by atoms with van der Waals surface area (Å²) in [5.41, 5.74) is 0. The summed E-state index contributed by atoms with van der Waals surface area (Å²) in [7, 11) is 0. The first kappa shape index (κ1) is 12.0. The molecule has 1 aliphatic carbocycles. The van der Waals surface area contributed by atoms with Gasteiger partial charge in [-0.05, 0) is 24.8 Å². The summed E-state index contributed by atoms with van der Waals surface area (Å²) in [4.78, 5) is 0. The Kier molecular flexibility index (Phi) is 5.49. The normalized spacial score (nSPS) is 20.6. The van der Waals surface area contributed by atoms with Gasteiger partial charge in [0.15, 0.2) is 0 Å². The molecule has 0 aromatic rings. The van der Waals surface area contributed by atoms with Gasteiger partial charge in [0.1, 0.15) is 0 Å². The van der Waals surface area contributed by atoms with Crippen LogP contribution in [0.1, 0.15) is 46.0 Å². The predicted molar refractivity (Wildman–Crippen MR) is 60.3 cm³/mol. The number of nitrogens with one attached hydrogen (secondary N) is 1. The lowest BCUT2D eigenvalue weighted by atomic mass is 10.00. The molecule has 0 radical (unpaired) electrons. The van der Waals surface area contributed by atoms with Gasteiger partial charge in [-0.1, -0.05) is 39.5 Å². The average molecular weight is 199 g/mol. The van der Waals surface area contributed by atoms with E-state index in [1.54, 1.807) is 0 Å². The van der Waals surface area contributed by atoms with Crippen LogP contribution in [-0.4, -0.2) is 24.3 Å². The zero-order valence-electron chi connectivity index (χ0n) is 9.63. The van der Waals surface area contributed by atoms with E-state index >= 15 is 0 Å². The van der Waals surface area contributed by atoms with Gasteiger partial charge in [0.05, 0.1) is 6.10 Å². The standard InChI is InChI=1S/C12H25NO/c1-10(2)8-13-9-12(14)7-11-5-3-4-6-11/h10-14H,3-9H2,1-2H3. The van der Waals surface area contributed by atoms with Gasteiger partial charge >= 0.3 is 0 Å². The van der Waals surface area contributed by atoms with Crippen molar-refractivity contribution in [1.82, 2.24) is 5.32 Å². The van der Waals surface area contributed by atoms with Crippen molar-refractivity contribution in [2.45, 2.75) is 52.1 Å². The van der Waals surface area contributed by atoms with E-state index in [9.17, 15) is 5.11 Å². The van der Waals surface area contributed by atoms with Gasteiger partial charge in [-0.25, -0.2) is 0 Å². The van der Waals surface area contributed by atoms with Crippen LogP contribution in [0.3, 0.4) is 0 Å². The molecule has 1 atom stereocenters. The molecule has 0 amide bonds. The van der Waals surface area contributed by atoms with E-state index in [0.29, 0.717) is 5.92 Å². The molecule has 0 aliphatic heterocycles. The molecule has 2 heteroatoms. The molecule has 0 bridgehead atoms. The number of hydrogen-bond donors (Lipinski definition) is 2. The summed E-state index contributed by atoms with van der Waals surface area (Å²) >= 11 is 0. The van der Waals surface area contributed by atoms with Crippen LogP contribution in [0.4, 0.5) is 0 Å². The lowest BCUT2D eigenvalue weighted by Gasteiger charge is -2.16. The van der Waals surface area contributed by atoms with Gasteiger partial charge in [0.2, 0.25) is 0 Å². The van der Waals surface area contributed by atoms with Gasteiger partial charge < -0.3 is 10.4 Å². The largest absolute Gasteiger partial charge is 0.392 e. The third-order valence-electron chi connectivity index (χ3n) is 3.01. The molecule has 0 spiro atoms. The van der Waals surface area contributed by atoms with Crippen LogP contribution in [0.5, 0.6) is 0 Å². The van der Waals surface area contributed by atoms with Crippen LogP contribution in [0.15, 0.2) is 0 Å². The summed E-state index contributed by atoms with van der Waals surface area (Å²) in [6.07, 6.45) is 6.29. The third kappa shape index (κ3) is 4.97. The second kappa shape index (κ2) is 6.41. The zero-order valence-corrected chi connectivity index (χ0v) is 9.63. The quantitative estimate of drug-likeness (QED) is 0.687. The Labute approximate surface area is 88.1 Å². The van der Waals surface area contributed by atoms with Gasteiger partial charge in [-0.2, -0.15) is 0 Å². The summed E-state index contributed by atoms with van der Waals surface area (Å²) in [6.45, 7) is 6.17. The van der Waals surface area contributed by atoms with Crippen molar-refractivity contribution in [3.8, 4) is 0 Å². The zero-order chi connectivity index (χ0) is 10.4. The summed E-state index contributed by atoms with van der Waals surface area (Å²) in [5, 5.41) is 13.1. The highest BCUT2D eigenvalue weighted by atomic mass is 16.3. The Morgan fingerprint density at radius 3 is 2.43 bits per heavy atom. The number of rotatable bonds is 6. The van der Waals surface area contributed by atoms with Crippen molar-refractivity contribution >= 4 is 0 Å². The highest BCUT2D eigenvalue weighted by Gasteiger charge is 2.18. The van der Waals surface area contributed by atoms with Crippen molar-refractivity contribution in [1.29, 1.82) is 0 Å². The Hall–Kier alpha value is -0.0800. The van der Waals surface area contributed by atoms with Crippen molar-refractivity contribution in [3.05, 3.63) is 0 Å². The number of aliphatic hydroxyl groups is 1. The van der Waals surface area contributed by atoms with E-state index in [4.69, 9.17) is 0 Å². The van der Waals surface area contributed by atoms with Crippen LogP contribution in [0, 0.1) is 11.8 Å². The van der Waals surface area contributed by atoms with Crippen molar-refractivity contribution < 1.29 is 5.11 Å². The maximum absolute atomic E-state index is 9.76. The molecule has 0 aromatic carbocycles. The molecule has 1 saturated carbocycles. The molecule has 14 heavy (non-hydrogen) atoms. The van der Waals surface area contributed by atoms with E-state index in [-0.39, 0.29) is 6.10 Å². The fraction of sp³-hybridized carbons (Fsp3) is 1.00. The lowest BCUT2D eigenvalue weighted by Crippen LogP contribution is -2.30. The van der Waals surface area contributed by atoms with E-state index in [2.05, 4.69) is 19.2 Å². The Bertz CT molecular complexity index is 141. The maximum atomic E-state index is 9.76. The summed E-state index contributed by atoms with van der Waals surface area (Å²) in [5.74, 6) is 1.47. The SMILES string of the molecule is CC(C)CNCC(O)CC1CCCC1. The molecule has 1 rings (SSSR count). The topological polar surface area (TPSA) is 32.3 Å². The molecular weight excluding hydrogens is 174 g/mol. The van der Waals surface area contributed by atoms with Gasteiger partial charge in [0.25, 0.3) is 0 Å². The predicted octanol–water partition coefficient (Wildman–Crippen LogP) is 2.17. The monoisotopic (exact) mass is 199 g/mol. The molecule has 84 valence electrons. The Balaban J connectivity index is 2.00. The maximum Gasteiger partial charge on any atom is 0.0667 e. The summed E-state index contributed by atoms with van der Waals surface area (Å²) in [6, 6.07) is 0. The molecule has 1 fully saturated rings. The third-order valence-corrected chi connectivity index (χ3v) is 3.01. The molecule has 0 aromatic heterocycles. The van der Waals surface area contributed by atoms with E-state index in [1.807, 2.05) is 0 Å². The molecule has 1 unspecified atom stereocenters. The minimum atomic E-state index is -0.128. The first-order chi connectivity index (χ1) is 6.68. The van der Waals surface area contributed by atoms with Crippen LogP contribution in [0.25, 0.3) is 0 Å². The number of aliphatic hydroxyl groups excluding tert-OH is 1. The van der Waals surface area contributed by atoms with E-state index in [0.717, 1.165) is 25.4 Å². The fourth-order valence-corrected chi connectivity index (χ4v) is 2.25. The minimum Gasteiger partial charge on any atom is -0.392 e. The van der Waals surface area contributed by atoms with Crippen LogP contribution < -0.4 is 5.32 Å². The smallest absolute Gasteiger partial charge is 0.0667 e. The van der Waals surface area contributed by atoms with Crippen molar-refractivity contribution in [3.63, 3.8) is 0 Å². The van der Waals surface area contributed by atoms with Crippen LogP contribution >= 0.6 is 0 Å². The molecule has 1 aliphatic rings. The average Bonchev–Trinajstić information content (AvgIpc) is 2.56. The second-order valence-electron chi connectivity index (χ2n) is 5.09. The molecule has 2 nitrogen and oxygen atoms in total. The fourth-order valence-electron chi connectivity index (χ4n) is 2.25. The van der Waals surface area contributed by atoms with Crippen molar-refractivity contribution in [2.24, 2.45) is 11.8 Å². The second-order valence-corrected chi connectivity index (χ2v) is 5.09. The Morgan fingerprint density at radius 2 is 1.86 bits per heavy atom. The van der Waals surface area contributed by atoms with Crippen molar-refractivity contribution in [2.75, 3.05) is 13.1 Å². The first-order valence-corrected chi connectivity index (χ1v) is 6.07. The van der Waals surface area contributed by atoms with E-state index in [1.165, 1.54) is 25.7 Å². The highest BCUT2D eigenvalue weighted by molar-refractivity contribution is 4.72. The minimum absolute atomic E-state index is 0.128. The number of hydrogen-bond acceptors (Lipinski definition) is 2. The van der Waals surface area contributed by atoms with Crippen LogP contribution in [-0.2, 0) is 0 Å². The first-order valence-electron chi connectivity index (χ1n) is 6.07. The molecule has 2 N–H and O–H groups in total. The summed E-state index contributed by atoms with van der Waals surface area (Å²) < 4.78 is 0. The van der Waals surface area contributed by atoms with E-state index < -0.39 is 0 Å². The van der Waals surface area contributed by atoms with Gasteiger partial charge in [-0.15, -0.1) is 0 Å². The molecular formula is C12H25NO. The highest BCUT2D eigenvalue weighted by Crippen LogP contribution is 2.28.